The van der Waals surface area contributed by atoms with Crippen molar-refractivity contribution >= 4 is 50.9 Å². The molecule has 1 aromatic heterocycles. The highest BCUT2D eigenvalue weighted by atomic mass is 32.1. The maximum Gasteiger partial charge on any atom is 0.266 e. The predicted octanol–water partition coefficient (Wildman–Crippen LogP) is 7.14. The number of nitrogens with zero attached hydrogens (tertiary/aromatic N) is 1. The second-order valence-electron chi connectivity index (χ2n) is 8.99. The van der Waals surface area contributed by atoms with E-state index in [0.29, 0.717) is 22.5 Å². The normalized spacial score (nSPS) is 15.3. The van der Waals surface area contributed by atoms with Gasteiger partial charge in [0.25, 0.3) is 11.8 Å². The van der Waals surface area contributed by atoms with Gasteiger partial charge in [-0.2, -0.15) is 0 Å². The van der Waals surface area contributed by atoms with Gasteiger partial charge in [-0.15, -0.1) is 11.3 Å². The van der Waals surface area contributed by atoms with Gasteiger partial charge in [-0.3, -0.25) is 9.59 Å². The highest BCUT2D eigenvalue weighted by Gasteiger charge is 2.42. The van der Waals surface area contributed by atoms with Crippen LogP contribution >= 0.6 is 11.3 Å². The van der Waals surface area contributed by atoms with Crippen LogP contribution in [0.5, 0.6) is 0 Å². The maximum atomic E-state index is 13.9. The summed E-state index contributed by atoms with van der Waals surface area (Å²) in [6, 6.07) is 23.4. The standard InChI is InChI=1S/C30H26N2O2S/c1-17(2)27-28(18(3)23-16-26(35-19(23)4)20-10-6-5-7-11-20)30(34)32(29(27)33)25-15-9-12-21-22(25)13-8-14-24(21)31/h5-16H,31H2,1-4H3. The predicted molar refractivity (Wildman–Crippen MR) is 146 cm³/mol. The van der Waals surface area contributed by atoms with Gasteiger partial charge < -0.3 is 5.73 Å². The third kappa shape index (κ3) is 3.69. The first kappa shape index (κ1) is 22.8. The Balaban J connectivity index is 1.69. The lowest BCUT2D eigenvalue weighted by atomic mass is 9.95. The van der Waals surface area contributed by atoms with Gasteiger partial charge in [0.2, 0.25) is 0 Å². The van der Waals surface area contributed by atoms with Crippen LogP contribution in [0.1, 0.15) is 31.2 Å². The molecule has 0 unspecified atom stereocenters. The number of aryl methyl sites for hydroxylation is 1. The van der Waals surface area contributed by atoms with Crippen molar-refractivity contribution in [1.82, 2.24) is 0 Å². The Labute approximate surface area is 209 Å². The number of carbonyl (C=O) groups is 2. The molecule has 1 saturated heterocycles. The van der Waals surface area contributed by atoms with Crippen LogP contribution in [0.4, 0.5) is 11.4 Å². The van der Waals surface area contributed by atoms with E-state index in [1.807, 2.05) is 75.4 Å². The van der Waals surface area contributed by atoms with Gasteiger partial charge >= 0.3 is 0 Å². The average Bonchev–Trinajstić information content (AvgIpc) is 3.36. The van der Waals surface area contributed by atoms with Crippen LogP contribution in [0.2, 0.25) is 0 Å². The van der Waals surface area contributed by atoms with Crippen molar-refractivity contribution < 1.29 is 9.59 Å². The lowest BCUT2D eigenvalue weighted by Gasteiger charge is -2.17. The molecule has 35 heavy (non-hydrogen) atoms. The Bertz CT molecular complexity index is 1570. The molecule has 0 saturated carbocycles. The summed E-state index contributed by atoms with van der Waals surface area (Å²) in [4.78, 5) is 31.2. The zero-order valence-corrected chi connectivity index (χ0v) is 21.0. The lowest BCUT2D eigenvalue weighted by molar-refractivity contribution is -0.119. The highest BCUT2D eigenvalue weighted by Crippen LogP contribution is 2.42. The molecule has 4 nitrogen and oxygen atoms in total. The van der Waals surface area contributed by atoms with Crippen LogP contribution in [-0.2, 0) is 9.59 Å². The summed E-state index contributed by atoms with van der Waals surface area (Å²) in [5.74, 6) is -0.596. The molecule has 1 aliphatic heterocycles. The molecule has 0 radical (unpaired) electrons. The van der Waals surface area contributed by atoms with E-state index in [1.165, 1.54) is 4.90 Å². The fourth-order valence-electron chi connectivity index (χ4n) is 4.81. The minimum Gasteiger partial charge on any atom is -0.398 e. The third-order valence-corrected chi connectivity index (χ3v) is 7.61. The van der Waals surface area contributed by atoms with Crippen LogP contribution in [0, 0.1) is 6.92 Å². The summed E-state index contributed by atoms with van der Waals surface area (Å²) < 4.78 is 0. The summed E-state index contributed by atoms with van der Waals surface area (Å²) in [6.07, 6.45) is 0. The van der Waals surface area contributed by atoms with Gasteiger partial charge in [-0.1, -0.05) is 60.2 Å². The number of thiophene rings is 1. The summed E-state index contributed by atoms with van der Waals surface area (Å²) in [5, 5.41) is 1.60. The number of fused-ring (bicyclic) bond motifs is 1. The van der Waals surface area contributed by atoms with E-state index in [9.17, 15) is 9.59 Å². The topological polar surface area (TPSA) is 63.4 Å². The number of benzene rings is 3. The van der Waals surface area contributed by atoms with Gasteiger partial charge in [0.15, 0.2) is 0 Å². The van der Waals surface area contributed by atoms with E-state index in [0.717, 1.165) is 42.8 Å². The van der Waals surface area contributed by atoms with Gasteiger partial charge in [0, 0.05) is 26.2 Å². The van der Waals surface area contributed by atoms with Crippen molar-refractivity contribution in [3.05, 3.63) is 100.0 Å². The zero-order valence-electron chi connectivity index (χ0n) is 20.2. The number of anilines is 2. The van der Waals surface area contributed by atoms with Gasteiger partial charge in [-0.05, 0) is 62.6 Å². The van der Waals surface area contributed by atoms with E-state index in [4.69, 9.17) is 5.73 Å². The van der Waals surface area contributed by atoms with Crippen LogP contribution in [0.25, 0.3) is 26.8 Å². The molecule has 174 valence electrons. The van der Waals surface area contributed by atoms with Crippen molar-refractivity contribution in [1.29, 1.82) is 0 Å². The lowest BCUT2D eigenvalue weighted by Crippen LogP contribution is -2.29. The number of amides is 2. The minimum absolute atomic E-state index is 0.296. The number of carbonyl (C=O) groups excluding carboxylic acids is 2. The first-order valence-electron chi connectivity index (χ1n) is 11.5. The quantitative estimate of drug-likeness (QED) is 0.193. The Morgan fingerprint density at radius 2 is 1.46 bits per heavy atom. The number of rotatable bonds is 3. The molecule has 0 aliphatic carbocycles. The van der Waals surface area contributed by atoms with E-state index >= 15 is 0 Å². The number of nitrogens with two attached hydrogens (primary N) is 1. The molecular formula is C30H26N2O2S. The summed E-state index contributed by atoms with van der Waals surface area (Å²) in [7, 11) is 0. The fraction of sp³-hybridized carbons (Fsp3) is 0.133. The number of imide groups is 1. The smallest absolute Gasteiger partial charge is 0.266 e. The molecule has 1 aliphatic rings. The van der Waals surface area contributed by atoms with E-state index < -0.39 is 0 Å². The molecule has 1 fully saturated rings. The number of hydrogen-bond acceptors (Lipinski definition) is 4. The van der Waals surface area contributed by atoms with Crippen molar-refractivity contribution in [3.63, 3.8) is 0 Å². The Kier molecular flexibility index (Phi) is 5.65. The van der Waals surface area contributed by atoms with Gasteiger partial charge in [0.05, 0.1) is 16.8 Å². The Morgan fingerprint density at radius 3 is 2.17 bits per heavy atom. The fourth-order valence-corrected chi connectivity index (χ4v) is 5.89. The largest absolute Gasteiger partial charge is 0.398 e. The molecule has 2 heterocycles. The van der Waals surface area contributed by atoms with Crippen molar-refractivity contribution in [2.45, 2.75) is 27.7 Å². The molecule has 5 heteroatoms. The molecule has 2 amide bonds. The van der Waals surface area contributed by atoms with Crippen LogP contribution in [0.3, 0.4) is 0 Å². The summed E-state index contributed by atoms with van der Waals surface area (Å²) in [6.45, 7) is 7.77. The maximum absolute atomic E-state index is 13.9. The van der Waals surface area contributed by atoms with E-state index in [-0.39, 0.29) is 11.8 Å². The molecule has 0 atom stereocenters. The molecule has 2 N–H and O–H groups in total. The number of hydrogen-bond donors (Lipinski definition) is 1. The third-order valence-electron chi connectivity index (χ3n) is 6.51. The number of allylic oxidation sites excluding steroid dienone is 2. The van der Waals surface area contributed by atoms with Gasteiger partial charge in [-0.25, -0.2) is 4.90 Å². The van der Waals surface area contributed by atoms with Gasteiger partial charge in [0.1, 0.15) is 0 Å². The molecular weight excluding hydrogens is 452 g/mol. The van der Waals surface area contributed by atoms with Crippen LogP contribution < -0.4 is 10.6 Å². The summed E-state index contributed by atoms with van der Waals surface area (Å²) in [5.41, 5.74) is 12.0. The average molecular weight is 479 g/mol. The first-order chi connectivity index (χ1) is 16.8. The number of nitrogen functional groups attached to an aromatic ring is 1. The highest BCUT2D eigenvalue weighted by molar-refractivity contribution is 7.15. The molecule has 0 bridgehead atoms. The molecule has 0 spiro atoms. The summed E-state index contributed by atoms with van der Waals surface area (Å²) >= 11 is 1.69. The molecule has 4 aromatic rings. The Hall–Kier alpha value is -3.96. The van der Waals surface area contributed by atoms with Crippen molar-refractivity contribution in [2.75, 3.05) is 10.6 Å². The second-order valence-corrected chi connectivity index (χ2v) is 10.2. The van der Waals surface area contributed by atoms with E-state index in [2.05, 4.69) is 25.1 Å². The minimum atomic E-state index is -0.300. The second kappa shape index (κ2) is 8.67. The van der Waals surface area contributed by atoms with Crippen LogP contribution in [0.15, 0.2) is 89.5 Å². The Morgan fingerprint density at radius 1 is 0.800 bits per heavy atom. The molecule has 3 aromatic carbocycles. The van der Waals surface area contributed by atoms with Crippen molar-refractivity contribution in [3.8, 4) is 10.4 Å². The SMILES string of the molecule is CC(C)=C1C(=O)N(c2cccc3c(N)cccc23)C(=O)C1=C(C)c1cc(-c2ccccc2)sc1C. The van der Waals surface area contributed by atoms with Crippen LogP contribution in [-0.4, -0.2) is 11.8 Å². The monoisotopic (exact) mass is 478 g/mol. The van der Waals surface area contributed by atoms with Crippen molar-refractivity contribution in [2.24, 2.45) is 0 Å². The first-order valence-corrected chi connectivity index (χ1v) is 12.3. The zero-order chi connectivity index (χ0) is 24.9. The van der Waals surface area contributed by atoms with E-state index in [1.54, 1.807) is 11.3 Å². The molecule has 5 rings (SSSR count).